The number of likely N-dealkylation sites (N-methyl/N-ethyl adjacent to an activating group) is 1. The van der Waals surface area contributed by atoms with Crippen LogP contribution in [0.5, 0.6) is 0 Å². The molecule has 19 heavy (non-hydrogen) atoms. The zero-order valence-electron chi connectivity index (χ0n) is 12.1. The minimum Gasteiger partial charge on any atom is -0.469 e. The highest BCUT2D eigenvalue weighted by Gasteiger charge is 2.24. The summed E-state index contributed by atoms with van der Waals surface area (Å²) < 4.78 is 9.82. The van der Waals surface area contributed by atoms with Crippen LogP contribution in [0.15, 0.2) is 0 Å². The van der Waals surface area contributed by atoms with Crippen LogP contribution in [0, 0.1) is 0 Å². The van der Waals surface area contributed by atoms with Gasteiger partial charge in [-0.25, -0.2) is 0 Å². The molecule has 1 amide bonds. The largest absolute Gasteiger partial charge is 0.469 e. The Kier molecular flexibility index (Phi) is 6.80. The van der Waals surface area contributed by atoms with Gasteiger partial charge in [0.2, 0.25) is 5.91 Å². The molecule has 0 aromatic carbocycles. The van der Waals surface area contributed by atoms with Gasteiger partial charge in [-0.2, -0.15) is 0 Å². The standard InChI is InChI=1S/C13H24N2O4/c1-11(13(17)15-7-9-19-10-8-15)14(2)6-4-5-12(16)18-3/h11H,4-10H2,1-3H3. The molecule has 0 radical (unpaired) electrons. The van der Waals surface area contributed by atoms with E-state index in [0.717, 1.165) is 0 Å². The quantitative estimate of drug-likeness (QED) is 0.643. The van der Waals surface area contributed by atoms with Crippen molar-refractivity contribution >= 4 is 11.9 Å². The zero-order chi connectivity index (χ0) is 14.3. The number of hydrogen-bond acceptors (Lipinski definition) is 5. The van der Waals surface area contributed by atoms with E-state index >= 15 is 0 Å². The van der Waals surface area contributed by atoms with E-state index in [1.807, 2.05) is 23.8 Å². The summed E-state index contributed by atoms with van der Waals surface area (Å²) in [5.41, 5.74) is 0. The number of hydrogen-bond donors (Lipinski definition) is 0. The molecule has 110 valence electrons. The Labute approximate surface area is 114 Å². The van der Waals surface area contributed by atoms with E-state index in [4.69, 9.17) is 4.74 Å². The fourth-order valence-corrected chi connectivity index (χ4v) is 2.01. The molecule has 1 fully saturated rings. The summed E-state index contributed by atoms with van der Waals surface area (Å²) in [5.74, 6) is -0.0792. The van der Waals surface area contributed by atoms with Crippen LogP contribution >= 0.6 is 0 Å². The smallest absolute Gasteiger partial charge is 0.305 e. The average molecular weight is 272 g/mol. The third-order valence-corrected chi connectivity index (χ3v) is 3.46. The molecule has 1 saturated heterocycles. The van der Waals surface area contributed by atoms with E-state index < -0.39 is 0 Å². The van der Waals surface area contributed by atoms with Gasteiger partial charge in [-0.15, -0.1) is 0 Å². The lowest BCUT2D eigenvalue weighted by Crippen LogP contribution is -2.49. The summed E-state index contributed by atoms with van der Waals surface area (Å²) in [6.07, 6.45) is 1.09. The van der Waals surface area contributed by atoms with E-state index in [9.17, 15) is 9.59 Å². The van der Waals surface area contributed by atoms with E-state index in [-0.39, 0.29) is 17.9 Å². The van der Waals surface area contributed by atoms with Gasteiger partial charge < -0.3 is 14.4 Å². The molecule has 0 aromatic rings. The van der Waals surface area contributed by atoms with Gasteiger partial charge in [0.25, 0.3) is 0 Å². The highest BCUT2D eigenvalue weighted by atomic mass is 16.5. The number of amides is 1. The van der Waals surface area contributed by atoms with Gasteiger partial charge in [-0.05, 0) is 26.9 Å². The first-order valence-corrected chi connectivity index (χ1v) is 6.70. The van der Waals surface area contributed by atoms with Crippen molar-refractivity contribution in [3.63, 3.8) is 0 Å². The molecule has 0 N–H and O–H groups in total. The van der Waals surface area contributed by atoms with Crippen LogP contribution in [0.1, 0.15) is 19.8 Å². The van der Waals surface area contributed by atoms with Gasteiger partial charge in [0, 0.05) is 19.5 Å². The van der Waals surface area contributed by atoms with Crippen LogP contribution < -0.4 is 0 Å². The predicted molar refractivity (Wildman–Crippen MR) is 70.7 cm³/mol. The van der Waals surface area contributed by atoms with E-state index in [1.54, 1.807) is 0 Å². The second-order valence-corrected chi connectivity index (χ2v) is 4.77. The lowest BCUT2D eigenvalue weighted by molar-refractivity contribution is -0.140. The summed E-state index contributed by atoms with van der Waals surface area (Å²) in [4.78, 5) is 27.1. The molecule has 0 saturated carbocycles. The number of nitrogens with zero attached hydrogens (tertiary/aromatic N) is 2. The number of carbonyl (C=O) groups excluding carboxylic acids is 2. The first-order chi connectivity index (χ1) is 9.06. The molecule has 1 atom stereocenters. The summed E-state index contributed by atoms with van der Waals surface area (Å²) in [6.45, 7) is 5.16. The van der Waals surface area contributed by atoms with Gasteiger partial charge >= 0.3 is 5.97 Å². The molecule has 6 nitrogen and oxygen atoms in total. The van der Waals surface area contributed by atoms with Gasteiger partial charge in [-0.3, -0.25) is 14.5 Å². The summed E-state index contributed by atoms with van der Waals surface area (Å²) in [7, 11) is 3.29. The first-order valence-electron chi connectivity index (χ1n) is 6.70. The maximum Gasteiger partial charge on any atom is 0.305 e. The van der Waals surface area contributed by atoms with Crippen LogP contribution in [0.25, 0.3) is 0 Å². The second kappa shape index (κ2) is 8.12. The highest BCUT2D eigenvalue weighted by Crippen LogP contribution is 2.06. The van der Waals surface area contributed by atoms with Crippen molar-refractivity contribution < 1.29 is 19.1 Å². The molecule has 1 unspecified atom stereocenters. The van der Waals surface area contributed by atoms with Crippen molar-refractivity contribution in [2.24, 2.45) is 0 Å². The lowest BCUT2D eigenvalue weighted by Gasteiger charge is -2.32. The van der Waals surface area contributed by atoms with Crippen molar-refractivity contribution in [2.45, 2.75) is 25.8 Å². The average Bonchev–Trinajstić information content (AvgIpc) is 2.46. The van der Waals surface area contributed by atoms with Gasteiger partial charge in [0.15, 0.2) is 0 Å². The van der Waals surface area contributed by atoms with E-state index in [1.165, 1.54) is 7.11 Å². The normalized spacial score (nSPS) is 17.4. The van der Waals surface area contributed by atoms with E-state index in [2.05, 4.69) is 4.74 Å². The molecule has 0 bridgehead atoms. The van der Waals surface area contributed by atoms with Gasteiger partial charge in [-0.1, -0.05) is 0 Å². The molecule has 0 aliphatic carbocycles. The molecular formula is C13H24N2O4. The minimum absolute atomic E-state index is 0.129. The number of methoxy groups -OCH3 is 1. The van der Waals surface area contributed by atoms with Crippen LogP contribution in [-0.4, -0.2) is 74.7 Å². The maximum absolute atomic E-state index is 12.2. The summed E-state index contributed by atoms with van der Waals surface area (Å²) in [5, 5.41) is 0. The van der Waals surface area contributed by atoms with Crippen LogP contribution in [0.3, 0.4) is 0 Å². The number of carbonyl (C=O) groups is 2. The number of esters is 1. The predicted octanol–water partition coefficient (Wildman–Crippen LogP) is 0.119. The summed E-state index contributed by atoms with van der Waals surface area (Å²) >= 11 is 0. The molecule has 6 heteroatoms. The summed E-state index contributed by atoms with van der Waals surface area (Å²) in [6, 6.07) is -0.171. The Morgan fingerprint density at radius 2 is 2.00 bits per heavy atom. The molecule has 0 aromatic heterocycles. The third kappa shape index (κ3) is 5.16. The Balaban J connectivity index is 2.31. The Bertz CT molecular complexity index is 303. The Morgan fingerprint density at radius 1 is 1.37 bits per heavy atom. The lowest BCUT2D eigenvalue weighted by atomic mass is 10.2. The zero-order valence-corrected chi connectivity index (χ0v) is 12.1. The Morgan fingerprint density at radius 3 is 2.58 bits per heavy atom. The molecule has 0 spiro atoms. The second-order valence-electron chi connectivity index (χ2n) is 4.77. The van der Waals surface area contributed by atoms with E-state index in [0.29, 0.717) is 45.7 Å². The fraction of sp³-hybridized carbons (Fsp3) is 0.846. The SMILES string of the molecule is COC(=O)CCCN(C)C(C)C(=O)N1CCOCC1. The first kappa shape index (κ1) is 15.9. The fourth-order valence-electron chi connectivity index (χ4n) is 2.01. The number of morpholine rings is 1. The topological polar surface area (TPSA) is 59.1 Å². The number of ether oxygens (including phenoxy) is 2. The van der Waals surface area contributed by atoms with Crippen molar-refractivity contribution in [2.75, 3.05) is 47.0 Å². The molecule has 1 aliphatic rings. The van der Waals surface area contributed by atoms with Gasteiger partial charge in [0.1, 0.15) is 0 Å². The molecule has 1 aliphatic heterocycles. The minimum atomic E-state index is -0.208. The van der Waals surface area contributed by atoms with Crippen LogP contribution in [0.4, 0.5) is 0 Å². The van der Waals surface area contributed by atoms with Gasteiger partial charge in [0.05, 0.1) is 26.4 Å². The van der Waals surface area contributed by atoms with Crippen molar-refractivity contribution in [3.8, 4) is 0 Å². The highest BCUT2D eigenvalue weighted by molar-refractivity contribution is 5.81. The van der Waals surface area contributed by atoms with Crippen LogP contribution in [-0.2, 0) is 19.1 Å². The molecular weight excluding hydrogens is 248 g/mol. The maximum atomic E-state index is 12.2. The third-order valence-electron chi connectivity index (χ3n) is 3.46. The van der Waals surface area contributed by atoms with Crippen molar-refractivity contribution in [1.82, 2.24) is 9.80 Å². The molecule has 1 heterocycles. The van der Waals surface area contributed by atoms with Crippen molar-refractivity contribution in [3.05, 3.63) is 0 Å². The van der Waals surface area contributed by atoms with Crippen LogP contribution in [0.2, 0.25) is 0 Å². The monoisotopic (exact) mass is 272 g/mol. The Hall–Kier alpha value is -1.14. The number of rotatable bonds is 6. The van der Waals surface area contributed by atoms with Crippen molar-refractivity contribution in [1.29, 1.82) is 0 Å². The molecule has 1 rings (SSSR count).